The Morgan fingerprint density at radius 1 is 1.03 bits per heavy atom. The second-order valence-corrected chi connectivity index (χ2v) is 8.97. The molecule has 7 heteroatoms. The first-order valence-electron chi connectivity index (χ1n) is 11.2. The monoisotopic (exact) mass is 468 g/mol. The molecule has 0 saturated heterocycles. The van der Waals surface area contributed by atoms with E-state index in [1.165, 1.54) is 7.11 Å². The zero-order chi connectivity index (χ0) is 23.2. The molecule has 1 saturated carbocycles. The number of ether oxygens (including phenoxy) is 1. The van der Waals surface area contributed by atoms with Gasteiger partial charge in [0.2, 0.25) is 0 Å². The average Bonchev–Trinajstić information content (AvgIpc) is 3.23. The molecule has 1 aliphatic rings. The van der Waals surface area contributed by atoms with Crippen LogP contribution >= 0.6 is 11.6 Å². The minimum atomic E-state index is -0.160. The van der Waals surface area contributed by atoms with Crippen molar-refractivity contribution in [3.63, 3.8) is 0 Å². The summed E-state index contributed by atoms with van der Waals surface area (Å²) in [6.07, 6.45) is 4.98. The molecule has 168 valence electrons. The van der Waals surface area contributed by atoms with E-state index in [1.54, 1.807) is 6.20 Å². The summed E-state index contributed by atoms with van der Waals surface area (Å²) in [6.45, 7) is 0. The molecule has 34 heavy (non-hydrogen) atoms. The van der Waals surface area contributed by atoms with Crippen LogP contribution in [-0.4, -0.2) is 32.4 Å². The zero-order valence-corrected chi connectivity index (χ0v) is 19.2. The van der Waals surface area contributed by atoms with Crippen molar-refractivity contribution in [2.75, 3.05) is 7.11 Å². The van der Waals surface area contributed by atoms with Gasteiger partial charge in [-0.15, -0.1) is 0 Å². The minimum Gasteiger partial charge on any atom is -0.469 e. The van der Waals surface area contributed by atoms with Crippen LogP contribution in [0.4, 0.5) is 0 Å². The van der Waals surface area contributed by atoms with Crippen molar-refractivity contribution < 1.29 is 9.53 Å². The van der Waals surface area contributed by atoms with Crippen molar-refractivity contribution in [3.8, 4) is 22.5 Å². The Bertz CT molecular complexity index is 1540. The first-order valence-corrected chi connectivity index (χ1v) is 11.6. The predicted octanol–water partition coefficient (Wildman–Crippen LogP) is 5.93. The van der Waals surface area contributed by atoms with Gasteiger partial charge in [-0.3, -0.25) is 9.20 Å². The lowest BCUT2D eigenvalue weighted by molar-refractivity contribution is -0.149. The number of hydrogen-bond donors (Lipinski definition) is 0. The third kappa shape index (κ3) is 3.42. The van der Waals surface area contributed by atoms with Crippen LogP contribution in [0.25, 0.3) is 38.9 Å². The topological polar surface area (TPSA) is 69.4 Å². The first-order chi connectivity index (χ1) is 16.6. The Hall–Kier alpha value is -3.77. The van der Waals surface area contributed by atoms with E-state index >= 15 is 0 Å². The smallest absolute Gasteiger partial charge is 0.308 e. The number of imidazole rings is 1. The molecule has 1 fully saturated rings. The molecule has 6 rings (SSSR count). The molecule has 5 aromatic rings. The van der Waals surface area contributed by atoms with Crippen molar-refractivity contribution in [2.45, 2.75) is 18.8 Å². The second kappa shape index (κ2) is 8.22. The van der Waals surface area contributed by atoms with Crippen LogP contribution in [0.15, 0.2) is 73.1 Å². The molecule has 1 aliphatic carbocycles. The predicted molar refractivity (Wildman–Crippen MR) is 132 cm³/mol. The number of aromatic nitrogens is 4. The molecular formula is C27H21ClN4O2. The maximum absolute atomic E-state index is 11.9. The summed E-state index contributed by atoms with van der Waals surface area (Å²) in [4.78, 5) is 26.1. The van der Waals surface area contributed by atoms with Crippen LogP contribution in [0.1, 0.15) is 24.6 Å². The molecular weight excluding hydrogens is 448 g/mol. The molecule has 6 nitrogen and oxygen atoms in total. The Labute approximate surface area is 201 Å². The third-order valence-electron chi connectivity index (χ3n) is 6.61. The molecule has 0 amide bonds. The number of rotatable bonds is 4. The Morgan fingerprint density at radius 2 is 1.82 bits per heavy atom. The normalized spacial score (nSPS) is 17.6. The van der Waals surface area contributed by atoms with Gasteiger partial charge in [-0.1, -0.05) is 60.1 Å². The number of nitrogens with zero attached hydrogens (tertiary/aromatic N) is 4. The van der Waals surface area contributed by atoms with E-state index in [4.69, 9.17) is 26.3 Å². The molecule has 2 aromatic carbocycles. The van der Waals surface area contributed by atoms with E-state index in [1.807, 2.05) is 40.9 Å². The third-order valence-corrected chi connectivity index (χ3v) is 6.89. The fourth-order valence-electron chi connectivity index (χ4n) is 4.74. The number of fused-ring (bicyclic) bond motifs is 2. The van der Waals surface area contributed by atoms with Gasteiger partial charge in [-0.2, -0.15) is 0 Å². The molecule has 0 bridgehead atoms. The summed E-state index contributed by atoms with van der Waals surface area (Å²) in [5, 5.41) is 1.45. The zero-order valence-electron chi connectivity index (χ0n) is 18.5. The van der Waals surface area contributed by atoms with Gasteiger partial charge in [0.05, 0.1) is 29.9 Å². The fourth-order valence-corrected chi connectivity index (χ4v) is 4.97. The van der Waals surface area contributed by atoms with E-state index in [-0.39, 0.29) is 17.8 Å². The molecule has 0 aliphatic heterocycles. The van der Waals surface area contributed by atoms with Crippen LogP contribution in [0.3, 0.4) is 0 Å². The largest absolute Gasteiger partial charge is 0.469 e. The number of carbonyl (C=O) groups excluding carboxylic acids is 1. The summed E-state index contributed by atoms with van der Waals surface area (Å²) < 4.78 is 6.90. The molecule has 3 heterocycles. The number of hydrogen-bond acceptors (Lipinski definition) is 5. The minimum absolute atomic E-state index is 0.0793. The molecule has 0 radical (unpaired) electrons. The Morgan fingerprint density at radius 3 is 2.62 bits per heavy atom. The van der Waals surface area contributed by atoms with Crippen LogP contribution in [0.2, 0.25) is 5.15 Å². The highest BCUT2D eigenvalue weighted by Gasteiger charge is 2.39. The van der Waals surface area contributed by atoms with E-state index in [9.17, 15) is 4.79 Å². The van der Waals surface area contributed by atoms with Crippen LogP contribution in [-0.2, 0) is 9.53 Å². The summed E-state index contributed by atoms with van der Waals surface area (Å²) in [5.41, 5.74) is 5.33. The van der Waals surface area contributed by atoms with E-state index in [0.29, 0.717) is 18.0 Å². The summed E-state index contributed by atoms with van der Waals surface area (Å²) in [7, 11) is 1.43. The lowest BCUT2D eigenvalue weighted by Crippen LogP contribution is -2.31. The van der Waals surface area contributed by atoms with Crippen molar-refractivity contribution in [1.82, 2.24) is 19.4 Å². The molecule has 0 spiro atoms. The number of esters is 1. The van der Waals surface area contributed by atoms with Crippen molar-refractivity contribution in [1.29, 1.82) is 0 Å². The fraction of sp³-hybridized carbons (Fsp3) is 0.185. The number of halogens is 1. The highest BCUT2D eigenvalue weighted by molar-refractivity contribution is 6.33. The van der Waals surface area contributed by atoms with Crippen molar-refractivity contribution in [2.24, 2.45) is 5.92 Å². The first kappa shape index (κ1) is 20.8. The quantitative estimate of drug-likeness (QED) is 0.306. The molecule has 0 atom stereocenters. The maximum Gasteiger partial charge on any atom is 0.308 e. The number of pyridine rings is 1. The highest BCUT2D eigenvalue weighted by atomic mass is 35.5. The van der Waals surface area contributed by atoms with E-state index in [2.05, 4.69) is 35.3 Å². The summed E-state index contributed by atoms with van der Waals surface area (Å²) >= 11 is 6.55. The standard InChI is InChI=1S/C27H21ClN4O2/c1-34-27(33)20-13-19(14-20)26-31-23(24-25(28)29-11-12-32(24)26)18-8-7-17-9-10-21(30-22(17)15-18)16-5-3-2-4-6-16/h2-12,15,19-20H,13-14H2,1H3/t19-,20+. The van der Waals surface area contributed by atoms with Gasteiger partial charge in [-0.05, 0) is 25.0 Å². The summed E-state index contributed by atoms with van der Waals surface area (Å²) in [5.74, 6) is 0.809. The lowest BCUT2D eigenvalue weighted by atomic mass is 9.74. The number of methoxy groups -OCH3 is 1. The van der Waals surface area contributed by atoms with Crippen LogP contribution in [0, 0.1) is 5.92 Å². The number of carbonyl (C=O) groups is 1. The van der Waals surface area contributed by atoms with Crippen LogP contribution in [0.5, 0.6) is 0 Å². The van der Waals surface area contributed by atoms with Crippen LogP contribution < -0.4 is 0 Å². The van der Waals surface area contributed by atoms with E-state index < -0.39 is 0 Å². The highest BCUT2D eigenvalue weighted by Crippen LogP contribution is 2.44. The average molecular weight is 469 g/mol. The van der Waals surface area contributed by atoms with Gasteiger partial charge in [0.15, 0.2) is 5.15 Å². The van der Waals surface area contributed by atoms with Gasteiger partial charge in [-0.25, -0.2) is 15.0 Å². The molecule has 0 unspecified atom stereocenters. The lowest BCUT2D eigenvalue weighted by Gasteiger charge is -2.32. The molecule has 0 N–H and O–H groups in total. The van der Waals surface area contributed by atoms with Gasteiger partial charge in [0.25, 0.3) is 0 Å². The SMILES string of the molecule is COC(=O)[C@H]1C[C@@H](c2nc(-c3ccc4ccc(-c5ccccc5)nc4c3)c3c(Cl)nccn32)C1. The van der Waals surface area contributed by atoms with Crippen molar-refractivity contribution in [3.05, 3.63) is 84.0 Å². The maximum atomic E-state index is 11.9. The summed E-state index contributed by atoms with van der Waals surface area (Å²) in [6, 6.07) is 20.4. The van der Waals surface area contributed by atoms with Gasteiger partial charge in [0, 0.05) is 34.8 Å². The van der Waals surface area contributed by atoms with E-state index in [0.717, 1.165) is 44.8 Å². The van der Waals surface area contributed by atoms with Crippen molar-refractivity contribution >= 4 is 34.0 Å². The number of benzene rings is 2. The van der Waals surface area contributed by atoms with Gasteiger partial charge >= 0.3 is 5.97 Å². The second-order valence-electron chi connectivity index (χ2n) is 8.61. The Kier molecular flexibility index (Phi) is 5.03. The van der Waals surface area contributed by atoms with Gasteiger partial charge in [0.1, 0.15) is 11.3 Å². The Balaban J connectivity index is 1.45. The molecule has 3 aromatic heterocycles. The van der Waals surface area contributed by atoms with Gasteiger partial charge < -0.3 is 4.74 Å².